The van der Waals surface area contributed by atoms with Crippen molar-refractivity contribution in [3.05, 3.63) is 81.9 Å². The number of nitrogens with zero attached hydrogens (tertiary/aromatic N) is 2. The van der Waals surface area contributed by atoms with Crippen LogP contribution in [0.4, 0.5) is 11.4 Å². The van der Waals surface area contributed by atoms with Gasteiger partial charge in [0.15, 0.2) is 0 Å². The van der Waals surface area contributed by atoms with Crippen molar-refractivity contribution in [3.63, 3.8) is 0 Å². The molecule has 4 rings (SSSR count). The molecular formula is C18H10N2O4. The first-order chi connectivity index (χ1) is 11.6. The van der Waals surface area contributed by atoms with Crippen LogP contribution in [-0.4, -0.2) is 16.7 Å². The van der Waals surface area contributed by atoms with E-state index < -0.39 is 16.7 Å². The molecule has 0 atom stereocenters. The number of benzene rings is 3. The van der Waals surface area contributed by atoms with Crippen molar-refractivity contribution in [1.82, 2.24) is 0 Å². The van der Waals surface area contributed by atoms with E-state index in [1.807, 2.05) is 24.3 Å². The third-order valence-electron chi connectivity index (χ3n) is 4.07. The summed E-state index contributed by atoms with van der Waals surface area (Å²) in [6.07, 6.45) is 0. The second kappa shape index (κ2) is 4.99. The van der Waals surface area contributed by atoms with Gasteiger partial charge in [-0.1, -0.05) is 24.3 Å². The quantitative estimate of drug-likeness (QED) is 0.411. The smallest absolute Gasteiger partial charge is 0.268 e. The number of non-ortho nitro benzene ring substituents is 1. The van der Waals surface area contributed by atoms with E-state index in [2.05, 4.69) is 0 Å². The van der Waals surface area contributed by atoms with Gasteiger partial charge in [0, 0.05) is 12.1 Å². The van der Waals surface area contributed by atoms with Crippen LogP contribution in [0.25, 0.3) is 10.8 Å². The average Bonchev–Trinajstić information content (AvgIpc) is 2.84. The summed E-state index contributed by atoms with van der Waals surface area (Å²) in [5.41, 5.74) is 0.908. The van der Waals surface area contributed by atoms with Gasteiger partial charge >= 0.3 is 0 Å². The summed E-state index contributed by atoms with van der Waals surface area (Å²) in [7, 11) is 0. The third kappa shape index (κ3) is 1.97. The molecule has 1 aliphatic heterocycles. The van der Waals surface area contributed by atoms with E-state index in [9.17, 15) is 19.7 Å². The highest BCUT2D eigenvalue weighted by Crippen LogP contribution is 2.32. The Bertz CT molecular complexity index is 970. The van der Waals surface area contributed by atoms with Crippen molar-refractivity contribution in [3.8, 4) is 0 Å². The predicted octanol–water partition coefficient (Wildman–Crippen LogP) is 3.55. The molecule has 1 heterocycles. The summed E-state index contributed by atoms with van der Waals surface area (Å²) >= 11 is 0. The van der Waals surface area contributed by atoms with Crippen LogP contribution in [0, 0.1) is 10.1 Å². The molecule has 0 saturated carbocycles. The minimum absolute atomic E-state index is 0.0962. The van der Waals surface area contributed by atoms with Gasteiger partial charge in [-0.15, -0.1) is 0 Å². The number of nitro benzene ring substituents is 1. The van der Waals surface area contributed by atoms with E-state index in [1.54, 1.807) is 12.1 Å². The average molecular weight is 318 g/mol. The van der Waals surface area contributed by atoms with Crippen molar-refractivity contribution in [2.24, 2.45) is 0 Å². The van der Waals surface area contributed by atoms with Gasteiger partial charge in [-0.3, -0.25) is 19.7 Å². The normalized spacial score (nSPS) is 13.4. The molecule has 116 valence electrons. The number of fused-ring (bicyclic) bond motifs is 2. The lowest BCUT2D eigenvalue weighted by Gasteiger charge is -2.13. The van der Waals surface area contributed by atoms with E-state index >= 15 is 0 Å². The number of anilines is 1. The van der Waals surface area contributed by atoms with Crippen LogP contribution < -0.4 is 4.90 Å². The van der Waals surface area contributed by atoms with E-state index in [1.165, 1.54) is 24.3 Å². The zero-order valence-electron chi connectivity index (χ0n) is 12.3. The Morgan fingerprint density at radius 2 is 1.29 bits per heavy atom. The minimum Gasteiger partial charge on any atom is -0.268 e. The first-order valence-electron chi connectivity index (χ1n) is 7.22. The lowest BCUT2D eigenvalue weighted by molar-refractivity contribution is -0.384. The Balaban J connectivity index is 1.81. The van der Waals surface area contributed by atoms with E-state index in [-0.39, 0.29) is 5.69 Å². The molecule has 0 radical (unpaired) electrons. The molecule has 1 aliphatic rings. The largest absolute Gasteiger partial charge is 0.269 e. The predicted molar refractivity (Wildman–Crippen MR) is 88.2 cm³/mol. The number of carbonyl (C=O) groups is 2. The summed E-state index contributed by atoms with van der Waals surface area (Å²) in [5.74, 6) is -0.843. The molecule has 24 heavy (non-hydrogen) atoms. The van der Waals surface area contributed by atoms with Gasteiger partial charge in [-0.25, -0.2) is 4.90 Å². The van der Waals surface area contributed by atoms with Crippen molar-refractivity contribution in [1.29, 1.82) is 0 Å². The molecule has 0 N–H and O–H groups in total. The molecule has 0 unspecified atom stereocenters. The highest BCUT2D eigenvalue weighted by atomic mass is 16.6. The number of nitro groups is 1. The maximum absolute atomic E-state index is 12.6. The van der Waals surface area contributed by atoms with Crippen LogP contribution >= 0.6 is 0 Å². The first-order valence-corrected chi connectivity index (χ1v) is 7.22. The van der Waals surface area contributed by atoms with Gasteiger partial charge in [0.25, 0.3) is 17.5 Å². The van der Waals surface area contributed by atoms with E-state index in [4.69, 9.17) is 0 Å². The van der Waals surface area contributed by atoms with Gasteiger partial charge in [0.2, 0.25) is 0 Å². The lowest BCUT2D eigenvalue weighted by atomic mass is 10.0. The van der Waals surface area contributed by atoms with Gasteiger partial charge in [0.05, 0.1) is 21.7 Å². The number of hydrogen-bond donors (Lipinski definition) is 0. The highest BCUT2D eigenvalue weighted by molar-refractivity contribution is 6.35. The van der Waals surface area contributed by atoms with Crippen LogP contribution in [-0.2, 0) is 0 Å². The number of carbonyl (C=O) groups excluding carboxylic acids is 2. The van der Waals surface area contributed by atoms with E-state index in [0.717, 1.165) is 15.7 Å². The molecule has 0 saturated heterocycles. The Kier molecular flexibility index (Phi) is 2.93. The molecule has 3 aromatic rings. The van der Waals surface area contributed by atoms with Crippen molar-refractivity contribution in [2.75, 3.05) is 4.90 Å². The molecule has 0 aromatic heterocycles. The maximum Gasteiger partial charge on any atom is 0.269 e. The second-order valence-corrected chi connectivity index (χ2v) is 5.46. The Hall–Kier alpha value is -3.54. The molecule has 6 nitrogen and oxygen atoms in total. The SMILES string of the molecule is O=C1c2cc3ccccc3cc2C(=O)N1c1ccc([N+](=O)[O-])cc1. The fourth-order valence-corrected chi connectivity index (χ4v) is 2.89. The lowest BCUT2D eigenvalue weighted by Crippen LogP contribution is -2.29. The molecule has 0 spiro atoms. The molecule has 0 fully saturated rings. The zero-order valence-corrected chi connectivity index (χ0v) is 12.3. The van der Waals surface area contributed by atoms with Crippen molar-refractivity contribution < 1.29 is 14.5 Å². The Morgan fingerprint density at radius 3 is 1.75 bits per heavy atom. The number of imide groups is 1. The standard InChI is InChI=1S/C18H10N2O4/c21-17-15-9-11-3-1-2-4-12(11)10-16(15)18(22)19(17)13-5-7-14(8-6-13)20(23)24/h1-10H. The van der Waals surface area contributed by atoms with Crippen molar-refractivity contribution in [2.45, 2.75) is 0 Å². The summed E-state index contributed by atoms with van der Waals surface area (Å²) in [5, 5.41) is 12.5. The fraction of sp³-hybridized carbons (Fsp3) is 0. The Labute approximate surface area is 136 Å². The van der Waals surface area contributed by atoms with Gasteiger partial charge in [0.1, 0.15) is 0 Å². The summed E-state index contributed by atoms with van der Waals surface area (Å²) in [6.45, 7) is 0. The fourth-order valence-electron chi connectivity index (χ4n) is 2.89. The number of hydrogen-bond acceptors (Lipinski definition) is 4. The maximum atomic E-state index is 12.6. The highest BCUT2D eigenvalue weighted by Gasteiger charge is 2.37. The number of rotatable bonds is 2. The summed E-state index contributed by atoms with van der Waals surface area (Å²) in [6, 6.07) is 16.2. The molecule has 0 bridgehead atoms. The number of amides is 2. The van der Waals surface area contributed by atoms with Crippen LogP contribution in [0.5, 0.6) is 0 Å². The molecule has 2 amide bonds. The van der Waals surface area contributed by atoms with Crippen LogP contribution in [0.1, 0.15) is 20.7 Å². The summed E-state index contributed by atoms with van der Waals surface area (Å²) < 4.78 is 0. The molecule has 0 aliphatic carbocycles. The second-order valence-electron chi connectivity index (χ2n) is 5.46. The monoisotopic (exact) mass is 318 g/mol. The zero-order chi connectivity index (χ0) is 16.8. The van der Waals surface area contributed by atoms with Crippen LogP contribution in [0.15, 0.2) is 60.7 Å². The minimum atomic E-state index is -0.529. The molecule has 3 aromatic carbocycles. The van der Waals surface area contributed by atoms with Gasteiger partial charge in [-0.05, 0) is 35.0 Å². The third-order valence-corrected chi connectivity index (χ3v) is 4.07. The van der Waals surface area contributed by atoms with Gasteiger partial charge in [-0.2, -0.15) is 0 Å². The first kappa shape index (κ1) is 14.1. The van der Waals surface area contributed by atoms with E-state index in [0.29, 0.717) is 16.8 Å². The molecule has 6 heteroatoms. The van der Waals surface area contributed by atoms with Crippen LogP contribution in [0.3, 0.4) is 0 Å². The topological polar surface area (TPSA) is 80.5 Å². The van der Waals surface area contributed by atoms with Crippen molar-refractivity contribution >= 4 is 34.0 Å². The Morgan fingerprint density at radius 1 is 0.792 bits per heavy atom. The molecular weight excluding hydrogens is 308 g/mol. The van der Waals surface area contributed by atoms with Crippen LogP contribution in [0.2, 0.25) is 0 Å². The van der Waals surface area contributed by atoms with Gasteiger partial charge < -0.3 is 0 Å². The summed E-state index contributed by atoms with van der Waals surface area (Å²) in [4.78, 5) is 36.5.